The van der Waals surface area contributed by atoms with Gasteiger partial charge in [-0.3, -0.25) is 9.69 Å². The molecule has 0 bridgehead atoms. The maximum Gasteiger partial charge on any atom is 0.416 e. The predicted molar refractivity (Wildman–Crippen MR) is 142 cm³/mol. The molecule has 0 atom stereocenters. The van der Waals surface area contributed by atoms with Crippen molar-refractivity contribution in [3.8, 4) is 0 Å². The molecule has 36 heavy (non-hydrogen) atoms. The normalized spacial score (nSPS) is 20.4. The van der Waals surface area contributed by atoms with E-state index in [-0.39, 0.29) is 5.91 Å². The summed E-state index contributed by atoms with van der Waals surface area (Å²) in [7, 11) is 0. The van der Waals surface area contributed by atoms with E-state index in [1.165, 1.54) is 44.6 Å². The quantitative estimate of drug-likeness (QED) is 0.457. The topological polar surface area (TPSA) is 26.8 Å². The van der Waals surface area contributed by atoms with Gasteiger partial charge in [-0.15, -0.1) is 0 Å². The number of likely N-dealkylation sites (tertiary alicyclic amines) is 1. The molecule has 0 radical (unpaired) electrons. The van der Waals surface area contributed by atoms with Crippen LogP contribution in [0.5, 0.6) is 0 Å². The Morgan fingerprint density at radius 3 is 1.86 bits per heavy atom. The smallest absolute Gasteiger partial charge is 0.343 e. The Labute approximate surface area is 217 Å². The predicted octanol–water partition coefficient (Wildman–Crippen LogP) is 6.61. The molecule has 0 aromatic heterocycles. The van der Waals surface area contributed by atoms with Crippen LogP contribution in [0.1, 0.15) is 82.9 Å². The van der Waals surface area contributed by atoms with Gasteiger partial charge in [0.15, 0.2) is 0 Å². The first-order valence-corrected chi connectivity index (χ1v) is 13.9. The molecule has 4 rings (SSSR count). The number of rotatable bonds is 3. The summed E-state index contributed by atoms with van der Waals surface area (Å²) in [5.41, 5.74) is 0.542. The molecule has 2 saturated heterocycles. The van der Waals surface area contributed by atoms with Gasteiger partial charge in [-0.05, 0) is 49.8 Å². The van der Waals surface area contributed by atoms with Gasteiger partial charge in [0.1, 0.15) is 0 Å². The van der Waals surface area contributed by atoms with E-state index in [0.717, 1.165) is 57.6 Å². The van der Waals surface area contributed by atoms with Gasteiger partial charge in [-0.25, -0.2) is 0 Å². The average molecular weight is 512 g/mol. The fourth-order valence-electron chi connectivity index (χ4n) is 5.05. The van der Waals surface area contributed by atoms with Crippen molar-refractivity contribution in [2.24, 2.45) is 11.8 Å². The lowest BCUT2D eigenvalue weighted by atomic mass is 9.99. The molecule has 0 N–H and O–H groups in total. The summed E-state index contributed by atoms with van der Waals surface area (Å²) < 4.78 is 39.2. The SMILES string of the molecule is CC(=O)N1CCC(C)CC1.CC1CCCC1.CCN1CCN(Cc2ccc(C)cc2C(F)(F)F)CC1. The van der Waals surface area contributed by atoms with Crippen molar-refractivity contribution in [1.82, 2.24) is 14.7 Å². The second-order valence-corrected chi connectivity index (χ2v) is 10.9. The lowest BCUT2D eigenvalue weighted by Gasteiger charge is -2.34. The molecule has 2 heterocycles. The maximum absolute atomic E-state index is 13.1. The molecule has 1 aliphatic carbocycles. The lowest BCUT2D eigenvalue weighted by Crippen LogP contribution is -2.45. The average Bonchev–Trinajstić information content (AvgIpc) is 3.32. The van der Waals surface area contributed by atoms with E-state index in [9.17, 15) is 18.0 Å². The minimum Gasteiger partial charge on any atom is -0.343 e. The Morgan fingerprint density at radius 1 is 0.889 bits per heavy atom. The fourth-order valence-corrected chi connectivity index (χ4v) is 5.05. The van der Waals surface area contributed by atoms with Crippen LogP contribution in [0, 0.1) is 18.8 Å². The fraction of sp³-hybridized carbons (Fsp3) is 0.759. The number of carbonyl (C=O) groups is 1. The van der Waals surface area contributed by atoms with Gasteiger partial charge < -0.3 is 9.80 Å². The van der Waals surface area contributed by atoms with Crippen molar-refractivity contribution in [3.63, 3.8) is 0 Å². The first-order chi connectivity index (χ1) is 17.0. The van der Waals surface area contributed by atoms with Gasteiger partial charge in [0, 0.05) is 52.7 Å². The Bertz CT molecular complexity index is 776. The molecule has 1 amide bonds. The molecule has 0 unspecified atom stereocenters. The molecule has 7 heteroatoms. The monoisotopic (exact) mass is 511 g/mol. The van der Waals surface area contributed by atoms with Gasteiger partial charge in [0.05, 0.1) is 5.56 Å². The van der Waals surface area contributed by atoms with E-state index >= 15 is 0 Å². The van der Waals surface area contributed by atoms with Crippen LogP contribution in [0.2, 0.25) is 0 Å². The minimum atomic E-state index is -4.27. The first kappa shape index (κ1) is 30.6. The van der Waals surface area contributed by atoms with E-state index in [1.807, 2.05) is 4.90 Å². The third-order valence-corrected chi connectivity index (χ3v) is 7.75. The van der Waals surface area contributed by atoms with Crippen molar-refractivity contribution < 1.29 is 18.0 Å². The number of alkyl halides is 3. The van der Waals surface area contributed by atoms with Gasteiger partial charge >= 0.3 is 6.18 Å². The molecular formula is C29H48F3N3O. The van der Waals surface area contributed by atoms with Crippen molar-refractivity contribution in [1.29, 1.82) is 0 Å². The highest BCUT2D eigenvalue weighted by Crippen LogP contribution is 2.33. The van der Waals surface area contributed by atoms with Crippen molar-refractivity contribution in [2.75, 3.05) is 45.8 Å². The number of likely N-dealkylation sites (N-methyl/N-ethyl adjacent to an activating group) is 1. The summed E-state index contributed by atoms with van der Waals surface area (Å²) in [5, 5.41) is 0. The molecule has 0 spiro atoms. The number of amides is 1. The molecule has 1 aromatic carbocycles. The highest BCUT2D eigenvalue weighted by molar-refractivity contribution is 5.73. The van der Waals surface area contributed by atoms with Crippen LogP contribution >= 0.6 is 0 Å². The van der Waals surface area contributed by atoms with E-state index in [1.54, 1.807) is 26.0 Å². The highest BCUT2D eigenvalue weighted by atomic mass is 19.4. The third-order valence-electron chi connectivity index (χ3n) is 7.75. The van der Waals surface area contributed by atoms with E-state index in [0.29, 0.717) is 17.7 Å². The highest BCUT2D eigenvalue weighted by Gasteiger charge is 2.33. The van der Waals surface area contributed by atoms with Gasteiger partial charge in [-0.1, -0.05) is 64.2 Å². The second kappa shape index (κ2) is 15.0. The summed E-state index contributed by atoms with van der Waals surface area (Å²) in [6.45, 7) is 16.9. The van der Waals surface area contributed by atoms with Crippen LogP contribution in [0.15, 0.2) is 18.2 Å². The molecule has 1 saturated carbocycles. The molecular weight excluding hydrogens is 463 g/mol. The lowest BCUT2D eigenvalue weighted by molar-refractivity contribution is -0.138. The summed E-state index contributed by atoms with van der Waals surface area (Å²) in [6, 6.07) is 4.62. The van der Waals surface area contributed by atoms with Crippen LogP contribution in [0.25, 0.3) is 0 Å². The second-order valence-electron chi connectivity index (χ2n) is 10.9. The summed E-state index contributed by atoms with van der Waals surface area (Å²) in [6.07, 6.45) is 4.04. The molecule has 3 fully saturated rings. The van der Waals surface area contributed by atoms with E-state index in [4.69, 9.17) is 0 Å². The standard InChI is InChI=1S/C15H21F3N2.C8H15NO.C6H12/c1-3-19-6-8-20(9-7-19)11-13-5-4-12(2)10-14(13)15(16,17)18;1-7-3-5-9(6-4-7)8(2)10;1-6-4-2-3-5-6/h4-5,10H,3,6-9,11H2,1-2H3;7H,3-6H2,1-2H3;6H,2-5H2,1H3. The summed E-state index contributed by atoms with van der Waals surface area (Å²) in [4.78, 5) is 17.2. The number of aryl methyl sites for hydroxylation is 1. The van der Waals surface area contributed by atoms with Gasteiger partial charge in [-0.2, -0.15) is 13.2 Å². The van der Waals surface area contributed by atoms with Crippen LogP contribution in [0.4, 0.5) is 13.2 Å². The summed E-state index contributed by atoms with van der Waals surface area (Å²) >= 11 is 0. The zero-order chi connectivity index (χ0) is 26.7. The Hall–Kier alpha value is -1.60. The molecule has 1 aromatic rings. The van der Waals surface area contributed by atoms with Gasteiger partial charge in [0.2, 0.25) is 5.91 Å². The number of hydrogen-bond donors (Lipinski definition) is 0. The van der Waals surface area contributed by atoms with Crippen molar-refractivity contribution >= 4 is 5.91 Å². The van der Waals surface area contributed by atoms with Crippen LogP contribution in [-0.2, 0) is 17.5 Å². The largest absolute Gasteiger partial charge is 0.416 e. The van der Waals surface area contributed by atoms with Crippen LogP contribution < -0.4 is 0 Å². The number of piperidine rings is 1. The molecule has 4 nitrogen and oxygen atoms in total. The molecule has 3 aliphatic rings. The number of halogens is 3. The van der Waals surface area contributed by atoms with Crippen LogP contribution in [0.3, 0.4) is 0 Å². The van der Waals surface area contributed by atoms with Gasteiger partial charge in [0.25, 0.3) is 0 Å². The zero-order valence-corrected chi connectivity index (χ0v) is 23.2. The maximum atomic E-state index is 13.1. The minimum absolute atomic E-state index is 0.229. The third kappa shape index (κ3) is 10.8. The Balaban J connectivity index is 0.000000234. The summed E-state index contributed by atoms with van der Waals surface area (Å²) in [5.74, 6) is 2.09. The van der Waals surface area contributed by atoms with Crippen molar-refractivity contribution in [3.05, 3.63) is 34.9 Å². The molecule has 2 aliphatic heterocycles. The van der Waals surface area contributed by atoms with E-state index < -0.39 is 11.7 Å². The number of carbonyl (C=O) groups excluding carboxylic acids is 1. The van der Waals surface area contributed by atoms with E-state index in [2.05, 4.69) is 30.6 Å². The Kier molecular flexibility index (Phi) is 12.7. The number of hydrogen-bond acceptors (Lipinski definition) is 3. The first-order valence-electron chi connectivity index (χ1n) is 13.9. The molecule has 206 valence electrons. The number of piperazine rings is 1. The Morgan fingerprint density at radius 2 is 1.42 bits per heavy atom. The number of benzene rings is 1. The number of nitrogens with zero attached hydrogens (tertiary/aromatic N) is 3. The van der Waals surface area contributed by atoms with Crippen LogP contribution in [-0.4, -0.2) is 66.4 Å². The zero-order valence-electron chi connectivity index (χ0n) is 23.2. The van der Waals surface area contributed by atoms with Crippen molar-refractivity contribution in [2.45, 2.75) is 85.9 Å².